The van der Waals surface area contributed by atoms with Crippen LogP contribution in [0.15, 0.2) is 53.6 Å². The van der Waals surface area contributed by atoms with E-state index in [1.165, 1.54) is 45.7 Å². The summed E-state index contributed by atoms with van der Waals surface area (Å²) in [7, 11) is 2.08. The number of aromatic nitrogens is 4. The number of fused-ring (bicyclic) bond motifs is 3. The van der Waals surface area contributed by atoms with E-state index in [0.717, 1.165) is 37.6 Å². The van der Waals surface area contributed by atoms with Gasteiger partial charge in [0.25, 0.3) is 5.56 Å². The van der Waals surface area contributed by atoms with Crippen molar-refractivity contribution >= 4 is 10.9 Å². The van der Waals surface area contributed by atoms with Gasteiger partial charge in [0.1, 0.15) is 18.2 Å². The van der Waals surface area contributed by atoms with E-state index in [0.29, 0.717) is 17.1 Å². The lowest BCUT2D eigenvalue weighted by molar-refractivity contribution is 0.298. The summed E-state index contributed by atoms with van der Waals surface area (Å²) in [6.45, 7) is 2.07. The molecule has 0 saturated carbocycles. The van der Waals surface area contributed by atoms with Crippen molar-refractivity contribution in [3.63, 3.8) is 0 Å². The molecule has 1 aliphatic heterocycles. The Hall–Kier alpha value is -3.52. The van der Waals surface area contributed by atoms with Crippen LogP contribution in [0.3, 0.4) is 0 Å². The molecule has 1 N–H and O–H groups in total. The number of benzene rings is 1. The molecule has 0 spiro atoms. The molecule has 0 radical (unpaired) electrons. The van der Waals surface area contributed by atoms with Gasteiger partial charge >= 0.3 is 0 Å². The molecular formula is C23H22FN5O2. The minimum atomic E-state index is -0.406. The highest BCUT2D eigenvalue weighted by molar-refractivity contribution is 5.87. The third-order valence-electron chi connectivity index (χ3n) is 5.71. The standard InChI is InChI=1S/C23H22FN5O2/c1-28-21-7-9-25-8-6-20(21)19-5-4-17(10-22(19)28)29-23(30)11-18(13-27-29)31-14-16-3-2-15(24)12-26-16/h2-5,10-13,25H,6-9,14H2,1H3. The average molecular weight is 419 g/mol. The van der Waals surface area contributed by atoms with E-state index >= 15 is 0 Å². The number of rotatable bonds is 4. The monoisotopic (exact) mass is 419 g/mol. The molecule has 7 nitrogen and oxygen atoms in total. The smallest absolute Gasteiger partial charge is 0.275 e. The van der Waals surface area contributed by atoms with Gasteiger partial charge in [-0.1, -0.05) is 6.07 Å². The molecule has 158 valence electrons. The first-order valence-electron chi connectivity index (χ1n) is 10.2. The second-order valence-electron chi connectivity index (χ2n) is 7.63. The maximum atomic E-state index is 13.0. The Morgan fingerprint density at radius 3 is 2.81 bits per heavy atom. The van der Waals surface area contributed by atoms with Crippen LogP contribution in [0.2, 0.25) is 0 Å². The van der Waals surface area contributed by atoms with E-state index in [2.05, 4.69) is 33.1 Å². The fourth-order valence-corrected chi connectivity index (χ4v) is 4.14. The van der Waals surface area contributed by atoms with Gasteiger partial charge in [-0.15, -0.1) is 0 Å². The van der Waals surface area contributed by atoms with Crippen LogP contribution in [-0.4, -0.2) is 32.4 Å². The van der Waals surface area contributed by atoms with Crippen LogP contribution in [0.1, 0.15) is 17.0 Å². The van der Waals surface area contributed by atoms with Gasteiger partial charge < -0.3 is 14.6 Å². The van der Waals surface area contributed by atoms with Gasteiger partial charge in [-0.25, -0.2) is 4.39 Å². The van der Waals surface area contributed by atoms with Gasteiger partial charge in [-0.3, -0.25) is 9.78 Å². The average Bonchev–Trinajstić information content (AvgIpc) is 2.93. The largest absolute Gasteiger partial charge is 0.485 e. The predicted molar refractivity (Wildman–Crippen MR) is 115 cm³/mol. The minimum absolute atomic E-state index is 0.126. The van der Waals surface area contributed by atoms with Crippen LogP contribution < -0.4 is 15.6 Å². The number of hydrogen-bond acceptors (Lipinski definition) is 5. The Morgan fingerprint density at radius 2 is 2.00 bits per heavy atom. The number of hydrogen-bond donors (Lipinski definition) is 1. The Kier molecular flexibility index (Phi) is 4.99. The van der Waals surface area contributed by atoms with E-state index in [4.69, 9.17) is 4.74 Å². The van der Waals surface area contributed by atoms with Gasteiger partial charge in [0, 0.05) is 37.2 Å². The van der Waals surface area contributed by atoms with Crippen molar-refractivity contribution in [2.75, 3.05) is 13.1 Å². The molecule has 8 heteroatoms. The SMILES string of the molecule is Cn1c2c(c3ccc(-n4ncc(OCc5ccc(F)cn5)cc4=O)cc31)CCNCC2. The molecular weight excluding hydrogens is 397 g/mol. The molecule has 5 rings (SSSR count). The number of nitrogens with one attached hydrogen (secondary N) is 1. The summed E-state index contributed by atoms with van der Waals surface area (Å²) in [6, 6.07) is 10.3. The molecule has 0 atom stereocenters. The maximum absolute atomic E-state index is 13.0. The van der Waals surface area contributed by atoms with Crippen LogP contribution in [0, 0.1) is 5.82 Å². The van der Waals surface area contributed by atoms with Crippen molar-refractivity contribution in [1.29, 1.82) is 0 Å². The molecule has 0 amide bonds. The highest BCUT2D eigenvalue weighted by Gasteiger charge is 2.17. The topological polar surface area (TPSA) is 74.0 Å². The first-order valence-corrected chi connectivity index (χ1v) is 10.2. The van der Waals surface area contributed by atoms with E-state index in [-0.39, 0.29) is 12.2 Å². The van der Waals surface area contributed by atoms with Crippen LogP contribution in [-0.2, 0) is 26.5 Å². The number of aryl methyl sites for hydroxylation is 1. The zero-order chi connectivity index (χ0) is 21.4. The van der Waals surface area contributed by atoms with E-state index in [1.54, 1.807) is 0 Å². The van der Waals surface area contributed by atoms with E-state index < -0.39 is 5.82 Å². The van der Waals surface area contributed by atoms with Gasteiger partial charge in [0.05, 0.1) is 29.3 Å². The first kappa shape index (κ1) is 19.4. The second kappa shape index (κ2) is 7.96. The molecule has 0 fully saturated rings. The molecule has 1 aromatic carbocycles. The lowest BCUT2D eigenvalue weighted by Crippen LogP contribution is -2.20. The normalized spacial score (nSPS) is 13.7. The third-order valence-corrected chi connectivity index (χ3v) is 5.71. The molecule has 3 aromatic heterocycles. The molecule has 0 aliphatic carbocycles. The Balaban J connectivity index is 1.42. The maximum Gasteiger partial charge on any atom is 0.275 e. The van der Waals surface area contributed by atoms with E-state index in [1.807, 2.05) is 12.1 Å². The van der Waals surface area contributed by atoms with Crippen LogP contribution >= 0.6 is 0 Å². The lowest BCUT2D eigenvalue weighted by Gasteiger charge is -2.09. The summed E-state index contributed by atoms with van der Waals surface area (Å²) in [4.78, 5) is 16.6. The third kappa shape index (κ3) is 3.70. The van der Waals surface area contributed by atoms with Crippen molar-refractivity contribution in [2.45, 2.75) is 19.4 Å². The number of pyridine rings is 1. The highest BCUT2D eigenvalue weighted by atomic mass is 19.1. The Bertz CT molecular complexity index is 1310. The zero-order valence-corrected chi connectivity index (χ0v) is 17.1. The van der Waals surface area contributed by atoms with Gasteiger partial charge in [0.15, 0.2) is 0 Å². The van der Waals surface area contributed by atoms with Gasteiger partial charge in [0.2, 0.25) is 0 Å². The number of halogens is 1. The molecule has 0 bridgehead atoms. The predicted octanol–water partition coefficient (Wildman–Crippen LogP) is 2.53. The summed E-state index contributed by atoms with van der Waals surface area (Å²) >= 11 is 0. The molecule has 0 unspecified atom stereocenters. The van der Waals surface area contributed by atoms with Crippen LogP contribution in [0.5, 0.6) is 5.75 Å². The fraction of sp³-hybridized carbons (Fsp3) is 0.261. The molecule has 4 heterocycles. The summed E-state index contributed by atoms with van der Waals surface area (Å²) in [6.07, 6.45) is 4.62. The van der Waals surface area contributed by atoms with Crippen molar-refractivity contribution in [2.24, 2.45) is 7.05 Å². The van der Waals surface area contributed by atoms with Gasteiger partial charge in [-0.2, -0.15) is 9.78 Å². The summed E-state index contributed by atoms with van der Waals surface area (Å²) in [5, 5.41) is 8.96. The minimum Gasteiger partial charge on any atom is -0.485 e. The van der Waals surface area contributed by atoms with E-state index in [9.17, 15) is 9.18 Å². The summed E-state index contributed by atoms with van der Waals surface area (Å²) in [5.41, 5.74) is 4.81. The Labute approximate surface area is 178 Å². The zero-order valence-electron chi connectivity index (χ0n) is 17.1. The molecule has 1 aliphatic rings. The van der Waals surface area contributed by atoms with Crippen molar-refractivity contribution < 1.29 is 9.13 Å². The van der Waals surface area contributed by atoms with Crippen molar-refractivity contribution in [1.82, 2.24) is 24.6 Å². The number of nitrogens with zero attached hydrogens (tertiary/aromatic N) is 4. The number of ether oxygens (including phenoxy) is 1. The molecule has 4 aromatic rings. The Morgan fingerprint density at radius 1 is 1.13 bits per heavy atom. The quantitative estimate of drug-likeness (QED) is 0.550. The highest BCUT2D eigenvalue weighted by Crippen LogP contribution is 2.28. The van der Waals surface area contributed by atoms with Gasteiger partial charge in [-0.05, 0) is 42.8 Å². The lowest BCUT2D eigenvalue weighted by atomic mass is 10.1. The fourth-order valence-electron chi connectivity index (χ4n) is 4.14. The summed E-state index contributed by atoms with van der Waals surface area (Å²) in [5.74, 6) is -0.0668. The molecule has 31 heavy (non-hydrogen) atoms. The van der Waals surface area contributed by atoms with Crippen LogP contribution in [0.25, 0.3) is 16.6 Å². The second-order valence-corrected chi connectivity index (χ2v) is 7.63. The first-order chi connectivity index (χ1) is 15.1. The van der Waals surface area contributed by atoms with Crippen LogP contribution in [0.4, 0.5) is 4.39 Å². The molecule has 0 saturated heterocycles. The van der Waals surface area contributed by atoms with Crippen molar-refractivity contribution in [3.8, 4) is 11.4 Å². The summed E-state index contributed by atoms with van der Waals surface area (Å²) < 4.78 is 22.1. The van der Waals surface area contributed by atoms with Crippen molar-refractivity contribution in [3.05, 3.63) is 81.9 Å².